The van der Waals surface area contributed by atoms with Gasteiger partial charge in [0.05, 0.1) is 0 Å². The molecule has 1 saturated carbocycles. The zero-order chi connectivity index (χ0) is 21.6. The first-order valence-electron chi connectivity index (χ1n) is 10.4. The molecule has 0 atom stereocenters. The first kappa shape index (κ1) is 19.3. The van der Waals surface area contributed by atoms with Crippen molar-refractivity contribution in [2.45, 2.75) is 18.4 Å². The molecule has 31 heavy (non-hydrogen) atoms. The minimum atomic E-state index is -1.15. The molecule has 1 aliphatic heterocycles. The molecule has 5 rings (SSSR count). The number of rotatable bonds is 3. The fourth-order valence-electron chi connectivity index (χ4n) is 4.10. The highest BCUT2D eigenvalue weighted by Crippen LogP contribution is 2.37. The predicted molar refractivity (Wildman–Crippen MR) is 115 cm³/mol. The van der Waals surface area contributed by atoms with Crippen LogP contribution in [-0.2, 0) is 4.79 Å². The Balaban J connectivity index is 1.26. The largest absolute Gasteiger partial charge is 0.380 e. The van der Waals surface area contributed by atoms with Gasteiger partial charge in [-0.15, -0.1) is 0 Å². The lowest BCUT2D eigenvalue weighted by molar-refractivity contribution is -0.143. The third-order valence-electron chi connectivity index (χ3n) is 6.18. The molecule has 1 saturated heterocycles. The van der Waals surface area contributed by atoms with Crippen molar-refractivity contribution < 1.29 is 14.7 Å². The topological polar surface area (TPSA) is 100 Å². The van der Waals surface area contributed by atoms with Crippen LogP contribution >= 0.6 is 0 Å². The maximum Gasteiger partial charge on any atom is 0.254 e. The van der Waals surface area contributed by atoms with Crippen molar-refractivity contribution in [3.8, 4) is 17.2 Å². The van der Waals surface area contributed by atoms with Crippen molar-refractivity contribution in [3.05, 3.63) is 59.8 Å². The number of aromatic nitrogens is 1. The summed E-state index contributed by atoms with van der Waals surface area (Å²) in [6.07, 6.45) is 1.07. The Hall–Kier alpha value is -3.63. The lowest BCUT2D eigenvalue weighted by Gasteiger charge is -2.35. The molecule has 156 valence electrons. The van der Waals surface area contributed by atoms with Crippen molar-refractivity contribution in [1.82, 2.24) is 14.8 Å². The quantitative estimate of drug-likeness (QED) is 0.688. The van der Waals surface area contributed by atoms with Crippen molar-refractivity contribution in [1.29, 1.82) is 5.26 Å². The molecule has 7 heteroatoms. The summed E-state index contributed by atoms with van der Waals surface area (Å²) in [5.74, 6) is -0.256. The van der Waals surface area contributed by atoms with Gasteiger partial charge in [-0.05, 0) is 54.3 Å². The van der Waals surface area contributed by atoms with Crippen LogP contribution in [0.5, 0.6) is 0 Å². The van der Waals surface area contributed by atoms with Crippen molar-refractivity contribution >= 4 is 22.7 Å². The maximum atomic E-state index is 12.9. The van der Waals surface area contributed by atoms with E-state index in [1.54, 1.807) is 9.80 Å². The number of aromatic amines is 1. The van der Waals surface area contributed by atoms with E-state index in [0.717, 1.165) is 22.0 Å². The molecule has 2 N–H and O–H groups in total. The molecule has 1 aliphatic carbocycles. The summed E-state index contributed by atoms with van der Waals surface area (Å²) < 4.78 is 0. The van der Waals surface area contributed by atoms with Gasteiger partial charge in [0.25, 0.3) is 11.8 Å². The zero-order valence-electron chi connectivity index (χ0n) is 17.0. The molecular formula is C24H22N4O3. The zero-order valence-corrected chi connectivity index (χ0v) is 17.0. The number of aliphatic hydroxyl groups is 1. The van der Waals surface area contributed by atoms with Gasteiger partial charge in [-0.25, -0.2) is 0 Å². The number of hydrogen-bond acceptors (Lipinski definition) is 4. The molecule has 0 spiro atoms. The highest BCUT2D eigenvalue weighted by atomic mass is 16.3. The van der Waals surface area contributed by atoms with Gasteiger partial charge in [0.1, 0.15) is 17.4 Å². The van der Waals surface area contributed by atoms with E-state index in [1.165, 1.54) is 0 Å². The SMILES string of the molecule is N#Cc1cc2cc(-c3ccc(C(=O)N4CCN(C(=O)C5(O)CC5)CC4)cc3)ccc2[nH]1. The van der Waals surface area contributed by atoms with Gasteiger partial charge in [-0.1, -0.05) is 18.2 Å². The number of nitrogens with one attached hydrogen (secondary N) is 1. The van der Waals surface area contributed by atoms with E-state index in [4.69, 9.17) is 5.26 Å². The van der Waals surface area contributed by atoms with Gasteiger partial charge >= 0.3 is 0 Å². The summed E-state index contributed by atoms with van der Waals surface area (Å²) in [5, 5.41) is 20.0. The summed E-state index contributed by atoms with van der Waals surface area (Å²) in [7, 11) is 0. The molecule has 1 aromatic heterocycles. The molecule has 0 bridgehead atoms. The van der Waals surface area contributed by atoms with Gasteiger partial charge in [0, 0.05) is 42.6 Å². The summed E-state index contributed by atoms with van der Waals surface area (Å²) in [6, 6.07) is 17.4. The Morgan fingerprint density at radius 3 is 2.23 bits per heavy atom. The molecule has 2 aromatic carbocycles. The highest BCUT2D eigenvalue weighted by Gasteiger charge is 2.50. The van der Waals surface area contributed by atoms with Crippen LogP contribution < -0.4 is 0 Å². The number of nitrogens with zero attached hydrogens (tertiary/aromatic N) is 3. The predicted octanol–water partition coefficient (Wildman–Crippen LogP) is 2.52. The molecule has 7 nitrogen and oxygen atoms in total. The van der Waals surface area contributed by atoms with Crippen LogP contribution in [0.1, 0.15) is 28.9 Å². The Morgan fingerprint density at radius 1 is 0.935 bits per heavy atom. The molecule has 2 heterocycles. The van der Waals surface area contributed by atoms with Crippen LogP contribution in [0, 0.1) is 11.3 Å². The minimum Gasteiger partial charge on any atom is -0.380 e. The van der Waals surface area contributed by atoms with Crippen molar-refractivity contribution in [2.24, 2.45) is 0 Å². The summed E-state index contributed by atoms with van der Waals surface area (Å²) in [6.45, 7) is 1.83. The number of hydrogen-bond donors (Lipinski definition) is 2. The molecule has 2 fully saturated rings. The van der Waals surface area contributed by atoms with E-state index in [9.17, 15) is 14.7 Å². The van der Waals surface area contributed by atoms with E-state index >= 15 is 0 Å². The van der Waals surface area contributed by atoms with Gasteiger partial charge in [0.2, 0.25) is 0 Å². The van der Waals surface area contributed by atoms with Crippen LogP contribution in [-0.4, -0.2) is 63.5 Å². The number of carbonyl (C=O) groups is 2. The van der Waals surface area contributed by atoms with Crippen LogP contribution in [0.4, 0.5) is 0 Å². The second kappa shape index (κ2) is 7.25. The third-order valence-corrected chi connectivity index (χ3v) is 6.18. The third kappa shape index (κ3) is 3.56. The average molecular weight is 414 g/mol. The highest BCUT2D eigenvalue weighted by molar-refractivity contribution is 5.95. The standard InChI is InChI=1S/C24H22N4O3/c25-15-20-14-19-13-18(5-6-21(19)26-20)16-1-3-17(4-2-16)22(29)27-9-11-28(12-10-27)23(30)24(31)7-8-24/h1-6,13-14,26,31H,7-12H2. The van der Waals surface area contributed by atoms with E-state index in [0.29, 0.717) is 50.3 Å². The first-order chi connectivity index (χ1) is 15.0. The number of fused-ring (bicyclic) bond motifs is 1. The van der Waals surface area contributed by atoms with Crippen LogP contribution in [0.25, 0.3) is 22.0 Å². The summed E-state index contributed by atoms with van der Waals surface area (Å²) in [4.78, 5) is 31.6. The number of H-pyrrole nitrogens is 1. The van der Waals surface area contributed by atoms with E-state index in [1.807, 2.05) is 48.5 Å². The molecule has 2 amide bonds. The van der Waals surface area contributed by atoms with Crippen molar-refractivity contribution in [3.63, 3.8) is 0 Å². The fraction of sp³-hybridized carbons (Fsp3) is 0.292. The molecule has 3 aromatic rings. The summed E-state index contributed by atoms with van der Waals surface area (Å²) >= 11 is 0. The number of piperazine rings is 1. The van der Waals surface area contributed by atoms with Crippen LogP contribution in [0.2, 0.25) is 0 Å². The van der Waals surface area contributed by atoms with Gasteiger partial charge in [0.15, 0.2) is 0 Å². The Morgan fingerprint density at radius 2 is 1.58 bits per heavy atom. The van der Waals surface area contributed by atoms with Gasteiger partial charge in [-0.3, -0.25) is 9.59 Å². The number of benzene rings is 2. The van der Waals surface area contributed by atoms with Crippen molar-refractivity contribution in [2.75, 3.05) is 26.2 Å². The molecule has 0 unspecified atom stereocenters. The van der Waals surface area contributed by atoms with E-state index < -0.39 is 5.60 Å². The lowest BCUT2D eigenvalue weighted by Crippen LogP contribution is -2.53. The van der Waals surface area contributed by atoms with Crippen LogP contribution in [0.15, 0.2) is 48.5 Å². The molecule has 0 radical (unpaired) electrons. The molecular weight excluding hydrogens is 392 g/mol. The smallest absolute Gasteiger partial charge is 0.254 e. The summed E-state index contributed by atoms with van der Waals surface area (Å²) in [5.41, 5.74) is 2.91. The number of amides is 2. The lowest BCUT2D eigenvalue weighted by atomic mass is 10.0. The average Bonchev–Trinajstić information content (AvgIpc) is 3.43. The Kier molecular flexibility index (Phi) is 4.53. The second-order valence-corrected chi connectivity index (χ2v) is 8.29. The van der Waals surface area contributed by atoms with Crippen LogP contribution in [0.3, 0.4) is 0 Å². The normalized spacial score (nSPS) is 17.4. The van der Waals surface area contributed by atoms with Gasteiger partial charge in [-0.2, -0.15) is 5.26 Å². The fourth-order valence-corrected chi connectivity index (χ4v) is 4.10. The monoisotopic (exact) mass is 414 g/mol. The Labute approximate surface area is 179 Å². The van der Waals surface area contributed by atoms with E-state index in [-0.39, 0.29) is 11.8 Å². The van der Waals surface area contributed by atoms with Gasteiger partial charge < -0.3 is 19.9 Å². The maximum absolute atomic E-state index is 12.9. The molecule has 2 aliphatic rings. The van der Waals surface area contributed by atoms with E-state index in [2.05, 4.69) is 11.1 Å². The number of carbonyl (C=O) groups excluding carboxylic acids is 2. The minimum absolute atomic E-state index is 0.0523. The number of nitriles is 1. The second-order valence-electron chi connectivity index (χ2n) is 8.29. The Bertz CT molecular complexity index is 1210. The first-order valence-corrected chi connectivity index (χ1v) is 10.4.